The number of nitrogens with zero attached hydrogens (tertiary/aromatic N) is 4. The topological polar surface area (TPSA) is 109 Å². The standard InChI is InChI=1S/C19H20N6O2/c1-4-24(11-25-19(27)15(9-20)12(2)13(3)23-25)10-17-21-16-8-6-5-7-14(16)18(26)22-17/h5-8H,4,10-11H2,1-3H3,(H,21,22,26)/p+1. The number of H-pyrrole nitrogens is 1. The van der Waals surface area contributed by atoms with E-state index < -0.39 is 5.56 Å². The molecule has 138 valence electrons. The van der Waals surface area contributed by atoms with Crippen molar-refractivity contribution < 1.29 is 4.90 Å². The Kier molecular flexibility index (Phi) is 5.14. The first-order valence-corrected chi connectivity index (χ1v) is 8.74. The van der Waals surface area contributed by atoms with Crippen molar-refractivity contribution in [2.24, 2.45) is 0 Å². The van der Waals surface area contributed by atoms with Crippen LogP contribution in [-0.4, -0.2) is 26.3 Å². The van der Waals surface area contributed by atoms with Crippen LogP contribution in [0.25, 0.3) is 10.9 Å². The van der Waals surface area contributed by atoms with Gasteiger partial charge in [-0.15, -0.1) is 0 Å². The highest BCUT2D eigenvalue weighted by atomic mass is 16.1. The SMILES string of the molecule is CC[NH+](Cc1nc2ccccc2c(=O)[nH]1)Cn1nc(C)c(C)c(C#N)c1=O. The molecule has 2 aromatic heterocycles. The van der Waals surface area contributed by atoms with Gasteiger partial charge < -0.3 is 9.88 Å². The van der Waals surface area contributed by atoms with Crippen LogP contribution < -0.4 is 16.0 Å². The van der Waals surface area contributed by atoms with Gasteiger partial charge in [-0.3, -0.25) is 9.59 Å². The lowest BCUT2D eigenvalue weighted by Crippen LogP contribution is -3.10. The van der Waals surface area contributed by atoms with Crippen molar-refractivity contribution in [3.63, 3.8) is 0 Å². The van der Waals surface area contributed by atoms with Crippen molar-refractivity contribution in [2.45, 2.75) is 34.0 Å². The van der Waals surface area contributed by atoms with Gasteiger partial charge in [-0.1, -0.05) is 12.1 Å². The summed E-state index contributed by atoms with van der Waals surface area (Å²) >= 11 is 0. The number of hydrogen-bond acceptors (Lipinski definition) is 5. The number of fused-ring (bicyclic) bond motifs is 1. The second-order valence-corrected chi connectivity index (χ2v) is 6.47. The maximum absolute atomic E-state index is 12.5. The summed E-state index contributed by atoms with van der Waals surface area (Å²) in [7, 11) is 0. The average Bonchev–Trinajstić information content (AvgIpc) is 2.66. The average molecular weight is 365 g/mol. The number of rotatable bonds is 5. The number of benzene rings is 1. The van der Waals surface area contributed by atoms with E-state index in [2.05, 4.69) is 15.1 Å². The Morgan fingerprint density at radius 3 is 2.70 bits per heavy atom. The lowest BCUT2D eigenvalue weighted by Gasteiger charge is -2.18. The first-order chi connectivity index (χ1) is 12.9. The third kappa shape index (κ3) is 3.64. The Hall–Kier alpha value is -3.31. The van der Waals surface area contributed by atoms with Crippen LogP contribution in [-0.2, 0) is 13.2 Å². The monoisotopic (exact) mass is 365 g/mol. The quantitative estimate of drug-likeness (QED) is 0.663. The molecule has 0 saturated carbocycles. The summed E-state index contributed by atoms with van der Waals surface area (Å²) in [5, 5.41) is 14.1. The number of nitriles is 1. The predicted octanol–water partition coefficient (Wildman–Crippen LogP) is 0.0308. The van der Waals surface area contributed by atoms with E-state index in [1.165, 1.54) is 4.68 Å². The number of nitrogens with one attached hydrogen (secondary N) is 2. The summed E-state index contributed by atoms with van der Waals surface area (Å²) in [5.41, 5.74) is 1.44. The molecule has 0 aliphatic rings. The third-order valence-electron chi connectivity index (χ3n) is 4.70. The van der Waals surface area contributed by atoms with Gasteiger partial charge in [0.1, 0.15) is 18.2 Å². The van der Waals surface area contributed by atoms with E-state index in [1.54, 1.807) is 32.0 Å². The molecule has 1 aromatic carbocycles. The molecule has 0 spiro atoms. The van der Waals surface area contributed by atoms with E-state index >= 15 is 0 Å². The molecular weight excluding hydrogens is 344 g/mol. The Morgan fingerprint density at radius 1 is 1.26 bits per heavy atom. The van der Waals surface area contributed by atoms with Crippen LogP contribution >= 0.6 is 0 Å². The first-order valence-electron chi connectivity index (χ1n) is 8.74. The predicted molar refractivity (Wildman–Crippen MR) is 100 cm³/mol. The molecule has 1 unspecified atom stereocenters. The van der Waals surface area contributed by atoms with Gasteiger partial charge in [-0.2, -0.15) is 15.0 Å². The summed E-state index contributed by atoms with van der Waals surface area (Å²) in [6.07, 6.45) is 0. The second kappa shape index (κ2) is 7.51. The summed E-state index contributed by atoms with van der Waals surface area (Å²) in [4.78, 5) is 33.0. The lowest BCUT2D eigenvalue weighted by molar-refractivity contribution is -0.936. The van der Waals surface area contributed by atoms with Gasteiger partial charge in [-0.05, 0) is 38.5 Å². The van der Waals surface area contributed by atoms with E-state index in [0.29, 0.717) is 41.1 Å². The number of quaternary nitrogens is 1. The van der Waals surface area contributed by atoms with Crippen LogP contribution in [0.5, 0.6) is 0 Å². The maximum atomic E-state index is 12.5. The highest BCUT2D eigenvalue weighted by molar-refractivity contribution is 5.77. The lowest BCUT2D eigenvalue weighted by atomic mass is 10.1. The molecule has 27 heavy (non-hydrogen) atoms. The summed E-state index contributed by atoms with van der Waals surface area (Å²) < 4.78 is 1.32. The van der Waals surface area contributed by atoms with Crippen LogP contribution in [0.3, 0.4) is 0 Å². The number of hydrogen-bond donors (Lipinski definition) is 2. The summed E-state index contributed by atoms with van der Waals surface area (Å²) in [5.74, 6) is 0.549. The van der Waals surface area contributed by atoms with E-state index in [-0.39, 0.29) is 17.8 Å². The molecule has 3 aromatic rings. The molecule has 0 saturated heterocycles. The highest BCUT2D eigenvalue weighted by Gasteiger charge is 2.17. The van der Waals surface area contributed by atoms with Crippen molar-refractivity contribution in [3.8, 4) is 6.07 Å². The number of aryl methyl sites for hydroxylation is 1. The van der Waals surface area contributed by atoms with E-state index in [0.717, 1.165) is 4.90 Å². The van der Waals surface area contributed by atoms with Crippen LogP contribution in [0, 0.1) is 25.2 Å². The normalized spacial score (nSPS) is 12.1. The van der Waals surface area contributed by atoms with E-state index in [1.807, 2.05) is 19.1 Å². The van der Waals surface area contributed by atoms with Crippen molar-refractivity contribution in [2.75, 3.05) is 6.54 Å². The van der Waals surface area contributed by atoms with Gasteiger partial charge in [0.25, 0.3) is 11.1 Å². The van der Waals surface area contributed by atoms with Gasteiger partial charge in [-0.25, -0.2) is 4.98 Å². The molecule has 0 radical (unpaired) electrons. The largest absolute Gasteiger partial charge is 0.310 e. The fraction of sp³-hybridized carbons (Fsp3) is 0.316. The second-order valence-electron chi connectivity index (χ2n) is 6.47. The minimum Gasteiger partial charge on any atom is -0.310 e. The Morgan fingerprint density at radius 2 is 2.00 bits per heavy atom. The molecule has 3 rings (SSSR count). The van der Waals surface area contributed by atoms with Gasteiger partial charge >= 0.3 is 0 Å². The van der Waals surface area contributed by atoms with Gasteiger partial charge in [0.15, 0.2) is 12.5 Å². The molecule has 0 aliphatic heterocycles. The van der Waals surface area contributed by atoms with Gasteiger partial charge in [0.2, 0.25) is 0 Å². The Bertz CT molecular complexity index is 1160. The van der Waals surface area contributed by atoms with E-state index in [9.17, 15) is 14.9 Å². The Balaban J connectivity index is 1.92. The van der Waals surface area contributed by atoms with Crippen molar-refractivity contribution >= 4 is 10.9 Å². The summed E-state index contributed by atoms with van der Waals surface area (Å²) in [6.45, 7) is 6.88. The first kappa shape index (κ1) is 18.5. The third-order valence-corrected chi connectivity index (χ3v) is 4.70. The number of aromatic nitrogens is 4. The molecule has 0 amide bonds. The van der Waals surface area contributed by atoms with Crippen LogP contribution in [0.2, 0.25) is 0 Å². The summed E-state index contributed by atoms with van der Waals surface area (Å²) in [6, 6.07) is 9.14. The molecule has 8 heteroatoms. The zero-order valence-corrected chi connectivity index (χ0v) is 15.5. The van der Waals surface area contributed by atoms with Crippen LogP contribution in [0.1, 0.15) is 29.6 Å². The molecule has 2 N–H and O–H groups in total. The van der Waals surface area contributed by atoms with Gasteiger partial charge in [0.05, 0.1) is 23.1 Å². The molecule has 2 heterocycles. The zero-order valence-electron chi connectivity index (χ0n) is 15.5. The number of para-hydroxylation sites is 1. The van der Waals surface area contributed by atoms with Crippen LogP contribution in [0.15, 0.2) is 33.9 Å². The fourth-order valence-corrected chi connectivity index (χ4v) is 2.97. The highest BCUT2D eigenvalue weighted by Crippen LogP contribution is 2.05. The van der Waals surface area contributed by atoms with Crippen molar-refractivity contribution in [1.82, 2.24) is 19.7 Å². The molecular formula is C19H21N6O2+. The van der Waals surface area contributed by atoms with Crippen molar-refractivity contribution in [3.05, 3.63) is 67.6 Å². The molecule has 1 atom stereocenters. The van der Waals surface area contributed by atoms with E-state index in [4.69, 9.17) is 0 Å². The molecule has 0 aliphatic carbocycles. The molecule has 8 nitrogen and oxygen atoms in total. The smallest absolute Gasteiger partial charge is 0.289 e. The minimum atomic E-state index is -0.397. The van der Waals surface area contributed by atoms with Crippen molar-refractivity contribution in [1.29, 1.82) is 5.26 Å². The molecule has 0 fully saturated rings. The van der Waals surface area contributed by atoms with Crippen LogP contribution in [0.4, 0.5) is 0 Å². The Labute approximate surface area is 155 Å². The van der Waals surface area contributed by atoms with Gasteiger partial charge in [0, 0.05) is 0 Å². The minimum absolute atomic E-state index is 0.121. The maximum Gasteiger partial charge on any atom is 0.289 e. The fourth-order valence-electron chi connectivity index (χ4n) is 2.97. The number of aromatic amines is 1. The molecule has 0 bridgehead atoms. The zero-order chi connectivity index (χ0) is 19.6.